The van der Waals surface area contributed by atoms with Gasteiger partial charge in [0.1, 0.15) is 5.54 Å². The van der Waals surface area contributed by atoms with Gasteiger partial charge in [0, 0.05) is 0 Å². The van der Waals surface area contributed by atoms with Crippen LogP contribution in [0, 0.1) is 0 Å². The van der Waals surface area contributed by atoms with Crippen molar-refractivity contribution in [1.82, 2.24) is 10.6 Å². The lowest BCUT2D eigenvalue weighted by Gasteiger charge is -2.31. The molecule has 1 aliphatic heterocycles. The summed E-state index contributed by atoms with van der Waals surface area (Å²) in [5.74, 6) is -1.07. The molecule has 1 atom stereocenters. The lowest BCUT2D eigenvalue weighted by molar-refractivity contribution is -0.148. The van der Waals surface area contributed by atoms with Crippen LogP contribution >= 0.6 is 0 Å². The normalized spacial score (nSPS) is 31.4. The fourth-order valence-corrected chi connectivity index (χ4v) is 2.81. The fraction of sp³-hybridized carbons (Fsp3) is 0.833. The number of rotatable bonds is 3. The summed E-state index contributed by atoms with van der Waals surface area (Å²) in [6.07, 6.45) is 4.57. The lowest BCUT2D eigenvalue weighted by Crippen LogP contribution is -2.60. The molecule has 0 aromatic rings. The topological polar surface area (TPSA) is 78.4 Å². The summed E-state index contributed by atoms with van der Waals surface area (Å²) in [6.45, 7) is 2.67. The summed E-state index contributed by atoms with van der Waals surface area (Å²) in [7, 11) is 0. The van der Waals surface area contributed by atoms with Crippen LogP contribution in [0.25, 0.3) is 0 Å². The maximum Gasteiger partial charge on any atom is 0.329 e. The van der Waals surface area contributed by atoms with Crippen molar-refractivity contribution in [2.75, 3.05) is 6.54 Å². The number of carbonyl (C=O) groups excluding carboxylic acids is 1. The van der Waals surface area contributed by atoms with E-state index in [1.165, 1.54) is 0 Å². The molecule has 96 valence electrons. The van der Waals surface area contributed by atoms with Crippen LogP contribution in [0.4, 0.5) is 0 Å². The van der Waals surface area contributed by atoms with Gasteiger partial charge in [-0.1, -0.05) is 12.8 Å². The summed E-state index contributed by atoms with van der Waals surface area (Å²) >= 11 is 0. The molecule has 0 aromatic carbocycles. The quantitative estimate of drug-likeness (QED) is 0.676. The number of hydrogen-bond acceptors (Lipinski definition) is 3. The van der Waals surface area contributed by atoms with E-state index in [9.17, 15) is 14.7 Å². The third kappa shape index (κ3) is 2.16. The molecule has 1 amide bonds. The Morgan fingerprint density at radius 3 is 2.29 bits per heavy atom. The van der Waals surface area contributed by atoms with Gasteiger partial charge in [0.15, 0.2) is 0 Å². The maximum absolute atomic E-state index is 12.2. The average molecular weight is 240 g/mol. The van der Waals surface area contributed by atoms with Crippen LogP contribution in [0.5, 0.6) is 0 Å². The number of carboxylic acids is 1. The van der Waals surface area contributed by atoms with Crippen molar-refractivity contribution < 1.29 is 14.7 Å². The van der Waals surface area contributed by atoms with E-state index in [0.29, 0.717) is 12.8 Å². The predicted molar refractivity (Wildman–Crippen MR) is 62.6 cm³/mol. The standard InChI is InChI=1S/C12H20N2O3/c1-11(5-4-8-13-11)9(15)14-12(10(16)17)6-2-3-7-12/h13H,2-8H2,1H3,(H,14,15)(H,16,17). The highest BCUT2D eigenvalue weighted by atomic mass is 16.4. The number of nitrogens with one attached hydrogen (secondary N) is 2. The van der Waals surface area contributed by atoms with E-state index in [1.807, 2.05) is 6.92 Å². The van der Waals surface area contributed by atoms with Crippen LogP contribution in [0.1, 0.15) is 45.4 Å². The smallest absolute Gasteiger partial charge is 0.329 e. The third-order valence-corrected chi connectivity index (χ3v) is 4.09. The SMILES string of the molecule is CC1(C(=O)NC2(C(=O)O)CCCC2)CCCN1. The molecule has 0 radical (unpaired) electrons. The minimum atomic E-state index is -1.02. The van der Waals surface area contributed by atoms with Crippen molar-refractivity contribution in [2.24, 2.45) is 0 Å². The first-order chi connectivity index (χ1) is 7.99. The first kappa shape index (κ1) is 12.4. The number of carbonyl (C=O) groups is 2. The number of carboxylic acid groups (broad SMARTS) is 1. The summed E-state index contributed by atoms with van der Waals surface area (Å²) in [5.41, 5.74) is -1.62. The minimum absolute atomic E-state index is 0.167. The Kier molecular flexibility index (Phi) is 3.12. The van der Waals surface area contributed by atoms with Gasteiger partial charge in [-0.25, -0.2) is 4.79 Å². The van der Waals surface area contributed by atoms with Gasteiger partial charge in [-0.05, 0) is 39.2 Å². The van der Waals surface area contributed by atoms with Crippen LogP contribution in [0.3, 0.4) is 0 Å². The summed E-state index contributed by atoms with van der Waals surface area (Å²) < 4.78 is 0. The van der Waals surface area contributed by atoms with Gasteiger partial charge in [-0.2, -0.15) is 0 Å². The summed E-state index contributed by atoms with van der Waals surface area (Å²) in [5, 5.41) is 15.2. The van der Waals surface area contributed by atoms with E-state index in [-0.39, 0.29) is 5.91 Å². The van der Waals surface area contributed by atoms with Gasteiger partial charge in [-0.3, -0.25) is 4.79 Å². The second-order valence-corrected chi connectivity index (χ2v) is 5.41. The molecule has 2 fully saturated rings. The van der Waals surface area contributed by atoms with E-state index >= 15 is 0 Å². The van der Waals surface area contributed by atoms with E-state index in [1.54, 1.807) is 0 Å². The Morgan fingerprint density at radius 2 is 1.82 bits per heavy atom. The van der Waals surface area contributed by atoms with Crippen LogP contribution in [0.15, 0.2) is 0 Å². The van der Waals surface area contributed by atoms with Gasteiger partial charge in [0.2, 0.25) is 5.91 Å². The number of amides is 1. The van der Waals surface area contributed by atoms with Crippen LogP contribution in [0.2, 0.25) is 0 Å². The Morgan fingerprint density at radius 1 is 1.18 bits per heavy atom. The third-order valence-electron chi connectivity index (χ3n) is 4.09. The molecule has 1 saturated heterocycles. The van der Waals surface area contributed by atoms with Crippen molar-refractivity contribution >= 4 is 11.9 Å². The van der Waals surface area contributed by atoms with Crippen molar-refractivity contribution in [1.29, 1.82) is 0 Å². The van der Waals surface area contributed by atoms with Gasteiger partial charge in [0.25, 0.3) is 0 Å². The molecular formula is C12H20N2O3. The highest BCUT2D eigenvalue weighted by molar-refractivity contribution is 5.92. The minimum Gasteiger partial charge on any atom is -0.480 e. The number of hydrogen-bond donors (Lipinski definition) is 3. The van der Waals surface area contributed by atoms with E-state index in [0.717, 1.165) is 32.2 Å². The summed E-state index contributed by atoms with van der Waals surface area (Å²) in [6, 6.07) is 0. The molecule has 1 heterocycles. The molecule has 5 nitrogen and oxygen atoms in total. The number of aliphatic carboxylic acids is 1. The molecule has 17 heavy (non-hydrogen) atoms. The van der Waals surface area contributed by atoms with Crippen LogP contribution < -0.4 is 10.6 Å². The molecule has 3 N–H and O–H groups in total. The average Bonchev–Trinajstić information content (AvgIpc) is 2.88. The van der Waals surface area contributed by atoms with E-state index in [2.05, 4.69) is 10.6 Å². The second kappa shape index (κ2) is 4.29. The Hall–Kier alpha value is -1.10. The molecule has 0 bridgehead atoms. The zero-order chi connectivity index (χ0) is 12.5. The summed E-state index contributed by atoms with van der Waals surface area (Å²) in [4.78, 5) is 23.5. The fourth-order valence-electron chi connectivity index (χ4n) is 2.81. The Labute approximate surface area is 101 Å². The predicted octanol–water partition coefficient (Wildman–Crippen LogP) is 0.642. The first-order valence-electron chi connectivity index (χ1n) is 6.30. The van der Waals surface area contributed by atoms with Gasteiger partial charge < -0.3 is 15.7 Å². The lowest BCUT2D eigenvalue weighted by atomic mass is 9.93. The Bertz CT molecular complexity index is 329. The van der Waals surface area contributed by atoms with Gasteiger partial charge in [-0.15, -0.1) is 0 Å². The second-order valence-electron chi connectivity index (χ2n) is 5.41. The molecule has 1 unspecified atom stereocenters. The van der Waals surface area contributed by atoms with Gasteiger partial charge >= 0.3 is 5.97 Å². The molecule has 0 spiro atoms. The van der Waals surface area contributed by atoms with Crippen LogP contribution in [-0.4, -0.2) is 34.6 Å². The van der Waals surface area contributed by atoms with E-state index in [4.69, 9.17) is 0 Å². The maximum atomic E-state index is 12.2. The van der Waals surface area contributed by atoms with Crippen molar-refractivity contribution in [3.8, 4) is 0 Å². The zero-order valence-corrected chi connectivity index (χ0v) is 10.2. The van der Waals surface area contributed by atoms with Crippen molar-refractivity contribution in [3.05, 3.63) is 0 Å². The molecular weight excluding hydrogens is 220 g/mol. The first-order valence-corrected chi connectivity index (χ1v) is 6.30. The highest BCUT2D eigenvalue weighted by Crippen LogP contribution is 2.31. The van der Waals surface area contributed by atoms with Crippen molar-refractivity contribution in [2.45, 2.75) is 56.5 Å². The highest BCUT2D eigenvalue weighted by Gasteiger charge is 2.46. The molecule has 1 saturated carbocycles. The largest absolute Gasteiger partial charge is 0.480 e. The molecule has 1 aliphatic carbocycles. The molecule has 2 rings (SSSR count). The zero-order valence-electron chi connectivity index (χ0n) is 10.2. The molecule has 2 aliphatic rings. The monoisotopic (exact) mass is 240 g/mol. The van der Waals surface area contributed by atoms with Gasteiger partial charge in [0.05, 0.1) is 5.54 Å². The van der Waals surface area contributed by atoms with E-state index < -0.39 is 17.0 Å². The molecule has 5 heteroatoms. The molecule has 0 aromatic heterocycles. The Balaban J connectivity index is 2.08. The van der Waals surface area contributed by atoms with Crippen LogP contribution in [-0.2, 0) is 9.59 Å². The van der Waals surface area contributed by atoms with Crippen molar-refractivity contribution in [3.63, 3.8) is 0 Å².